The number of anilines is 1. The average molecular weight is 373 g/mol. The molecule has 1 atom stereocenters. The second-order valence-corrected chi connectivity index (χ2v) is 6.29. The van der Waals surface area contributed by atoms with Crippen molar-refractivity contribution in [1.82, 2.24) is 9.97 Å². The molecule has 0 saturated heterocycles. The molecule has 0 amide bonds. The zero-order valence-corrected chi connectivity index (χ0v) is 17.3. The monoisotopic (exact) mass is 373 g/mol. The highest BCUT2D eigenvalue weighted by Crippen LogP contribution is 2.36. The smallest absolute Gasteiger partial charge is 0.257 e. The van der Waals surface area contributed by atoms with Crippen LogP contribution in [0.3, 0.4) is 0 Å². The van der Waals surface area contributed by atoms with Gasteiger partial charge in [-0.1, -0.05) is 20.3 Å². The van der Waals surface area contributed by atoms with Gasteiger partial charge in [0.15, 0.2) is 5.82 Å². The normalized spacial score (nSPS) is 11.8. The fraction of sp³-hybridized carbons (Fsp3) is 0.524. The van der Waals surface area contributed by atoms with Crippen LogP contribution in [0.1, 0.15) is 45.7 Å². The highest BCUT2D eigenvalue weighted by molar-refractivity contribution is 5.72. The molecule has 1 heterocycles. The van der Waals surface area contributed by atoms with Crippen LogP contribution in [0.2, 0.25) is 0 Å². The summed E-state index contributed by atoms with van der Waals surface area (Å²) in [6, 6.07) is 5.74. The number of benzene rings is 1. The number of nitrogens with one attached hydrogen (secondary N) is 1. The number of aromatic nitrogens is 2. The van der Waals surface area contributed by atoms with Gasteiger partial charge in [-0.15, -0.1) is 0 Å². The van der Waals surface area contributed by atoms with Gasteiger partial charge in [-0.25, -0.2) is 9.97 Å². The van der Waals surface area contributed by atoms with E-state index in [0.29, 0.717) is 24.1 Å². The molecular weight excluding hydrogens is 342 g/mol. The maximum Gasteiger partial charge on any atom is 0.257 e. The minimum Gasteiger partial charge on any atom is -0.496 e. The van der Waals surface area contributed by atoms with E-state index in [9.17, 15) is 0 Å². The van der Waals surface area contributed by atoms with Crippen LogP contribution in [-0.4, -0.2) is 36.8 Å². The van der Waals surface area contributed by atoms with Gasteiger partial charge in [0.1, 0.15) is 17.6 Å². The number of nitrogens with zero attached hydrogens (tertiary/aromatic N) is 2. The lowest BCUT2D eigenvalue weighted by Crippen LogP contribution is -2.17. The summed E-state index contributed by atoms with van der Waals surface area (Å²) in [5.74, 6) is 2.64. The largest absolute Gasteiger partial charge is 0.496 e. The quantitative estimate of drug-likeness (QED) is 0.642. The summed E-state index contributed by atoms with van der Waals surface area (Å²) >= 11 is 0. The van der Waals surface area contributed by atoms with Crippen LogP contribution >= 0.6 is 0 Å². The molecule has 1 unspecified atom stereocenters. The Morgan fingerprint density at radius 2 is 1.93 bits per heavy atom. The predicted octanol–water partition coefficient (Wildman–Crippen LogP) is 4.86. The molecule has 1 N–H and O–H groups in total. The second kappa shape index (κ2) is 10.00. The van der Waals surface area contributed by atoms with Crippen molar-refractivity contribution in [2.24, 2.45) is 0 Å². The van der Waals surface area contributed by atoms with Gasteiger partial charge >= 0.3 is 0 Å². The summed E-state index contributed by atoms with van der Waals surface area (Å²) in [5, 5.41) is 3.11. The summed E-state index contributed by atoms with van der Waals surface area (Å²) in [5.41, 5.74) is 2.42. The Labute approximate surface area is 162 Å². The predicted molar refractivity (Wildman–Crippen MR) is 109 cm³/mol. The Bertz CT molecular complexity index is 750. The van der Waals surface area contributed by atoms with Crippen molar-refractivity contribution in [3.05, 3.63) is 23.9 Å². The van der Waals surface area contributed by atoms with Gasteiger partial charge in [0.2, 0.25) is 0 Å². The molecule has 0 aliphatic heterocycles. The van der Waals surface area contributed by atoms with Crippen molar-refractivity contribution in [3.8, 4) is 28.6 Å². The number of hydrogen-bond donors (Lipinski definition) is 1. The molecule has 0 saturated carbocycles. The van der Waals surface area contributed by atoms with E-state index in [4.69, 9.17) is 24.2 Å². The van der Waals surface area contributed by atoms with Crippen molar-refractivity contribution < 1.29 is 14.2 Å². The van der Waals surface area contributed by atoms with Crippen molar-refractivity contribution in [2.45, 2.75) is 53.1 Å². The molecule has 2 rings (SSSR count). The number of rotatable bonds is 10. The first-order valence-corrected chi connectivity index (χ1v) is 9.62. The molecule has 0 aliphatic carbocycles. The summed E-state index contributed by atoms with van der Waals surface area (Å²) < 4.78 is 17.2. The van der Waals surface area contributed by atoms with E-state index in [-0.39, 0.29) is 6.10 Å². The zero-order valence-electron chi connectivity index (χ0n) is 17.3. The van der Waals surface area contributed by atoms with Gasteiger partial charge in [0.25, 0.3) is 5.88 Å². The highest BCUT2D eigenvalue weighted by Gasteiger charge is 2.19. The molecule has 0 fully saturated rings. The standard InChI is InChI=1S/C21H31N3O3/c1-7-10-15(8-2)27-21-20(22-5)24-19(14(4)23-21)17-12-11-16(26-9-3)13-18(17)25-6/h11-13,15H,7-10H2,1-6H3,(H,22,24). The van der Waals surface area contributed by atoms with Gasteiger partial charge in [-0.3, -0.25) is 0 Å². The fourth-order valence-electron chi connectivity index (χ4n) is 2.95. The first kappa shape index (κ1) is 20.8. The number of hydrogen-bond acceptors (Lipinski definition) is 6. The number of ether oxygens (including phenoxy) is 3. The van der Waals surface area contributed by atoms with Gasteiger partial charge in [0.05, 0.1) is 25.1 Å². The van der Waals surface area contributed by atoms with Gasteiger partial charge in [-0.05, 0) is 38.8 Å². The Hall–Kier alpha value is -2.50. The maximum atomic E-state index is 6.12. The molecule has 1 aromatic heterocycles. The van der Waals surface area contributed by atoms with Crippen molar-refractivity contribution in [3.63, 3.8) is 0 Å². The van der Waals surface area contributed by atoms with Crippen LogP contribution in [-0.2, 0) is 0 Å². The zero-order chi connectivity index (χ0) is 19.8. The lowest BCUT2D eigenvalue weighted by molar-refractivity contribution is 0.178. The van der Waals surface area contributed by atoms with E-state index in [1.807, 2.05) is 39.1 Å². The van der Waals surface area contributed by atoms with E-state index in [1.165, 1.54) is 0 Å². The Morgan fingerprint density at radius 3 is 2.52 bits per heavy atom. The summed E-state index contributed by atoms with van der Waals surface area (Å²) in [4.78, 5) is 9.46. The second-order valence-electron chi connectivity index (χ2n) is 6.29. The number of aryl methyl sites for hydroxylation is 1. The van der Waals surface area contributed by atoms with Crippen LogP contribution in [0.15, 0.2) is 18.2 Å². The SMILES string of the molecule is CCCC(CC)Oc1nc(C)c(-c2ccc(OCC)cc2OC)nc1NC. The lowest BCUT2D eigenvalue weighted by atomic mass is 10.1. The summed E-state index contributed by atoms with van der Waals surface area (Å²) in [7, 11) is 3.47. The van der Waals surface area contributed by atoms with E-state index >= 15 is 0 Å². The lowest BCUT2D eigenvalue weighted by Gasteiger charge is -2.19. The third-order valence-corrected chi connectivity index (χ3v) is 4.36. The average Bonchev–Trinajstić information content (AvgIpc) is 2.68. The van der Waals surface area contributed by atoms with Crippen molar-refractivity contribution in [1.29, 1.82) is 0 Å². The fourth-order valence-corrected chi connectivity index (χ4v) is 2.95. The molecule has 6 nitrogen and oxygen atoms in total. The third-order valence-electron chi connectivity index (χ3n) is 4.36. The van der Waals surface area contributed by atoms with Crippen LogP contribution in [0.4, 0.5) is 5.82 Å². The maximum absolute atomic E-state index is 6.12. The molecule has 0 spiro atoms. The molecule has 1 aromatic carbocycles. The van der Waals surface area contributed by atoms with E-state index < -0.39 is 0 Å². The van der Waals surface area contributed by atoms with Crippen LogP contribution in [0.5, 0.6) is 17.4 Å². The van der Waals surface area contributed by atoms with Crippen LogP contribution in [0, 0.1) is 6.92 Å². The van der Waals surface area contributed by atoms with Gasteiger partial charge < -0.3 is 19.5 Å². The molecule has 2 aromatic rings. The van der Waals surface area contributed by atoms with E-state index in [0.717, 1.165) is 42.0 Å². The molecule has 0 bridgehead atoms. The van der Waals surface area contributed by atoms with Crippen molar-refractivity contribution in [2.75, 3.05) is 26.1 Å². The van der Waals surface area contributed by atoms with Crippen molar-refractivity contribution >= 4 is 5.82 Å². The Balaban J connectivity index is 2.44. The summed E-state index contributed by atoms with van der Waals surface area (Å²) in [6.45, 7) is 8.77. The topological polar surface area (TPSA) is 65.5 Å². The third kappa shape index (κ3) is 5.02. The molecule has 148 valence electrons. The molecule has 6 heteroatoms. The molecule has 0 radical (unpaired) electrons. The van der Waals surface area contributed by atoms with E-state index in [1.54, 1.807) is 7.11 Å². The Kier molecular flexibility index (Phi) is 7.70. The van der Waals surface area contributed by atoms with Crippen LogP contribution < -0.4 is 19.5 Å². The molecule has 0 aliphatic rings. The minimum absolute atomic E-state index is 0.140. The Morgan fingerprint density at radius 1 is 1.15 bits per heavy atom. The van der Waals surface area contributed by atoms with E-state index in [2.05, 4.69) is 19.2 Å². The minimum atomic E-state index is 0.140. The van der Waals surface area contributed by atoms with Gasteiger partial charge in [-0.2, -0.15) is 0 Å². The first-order valence-electron chi connectivity index (χ1n) is 9.62. The van der Waals surface area contributed by atoms with Gasteiger partial charge in [0, 0.05) is 18.7 Å². The first-order chi connectivity index (χ1) is 13.1. The number of methoxy groups -OCH3 is 1. The van der Waals surface area contributed by atoms with Crippen LogP contribution in [0.25, 0.3) is 11.3 Å². The highest BCUT2D eigenvalue weighted by atomic mass is 16.5. The summed E-state index contributed by atoms with van der Waals surface area (Å²) in [6.07, 6.45) is 3.14. The molecular formula is C21H31N3O3. The molecule has 27 heavy (non-hydrogen) atoms.